The molecule has 8 heteroatoms. The van der Waals surface area contributed by atoms with Crippen LogP contribution in [0.3, 0.4) is 0 Å². The molecule has 4 aromatic rings. The third-order valence-electron chi connectivity index (χ3n) is 4.40. The standard InChI is InChI=1S/C21H13Br2IN2O3/c1-10-14(19(27)18(23)20(28)17(10)22)9-25-13-5-6-16-15(8-13)26-21(29-16)11-3-2-4-12(24)7-11/h2-9,27-28H,1H3. The number of benzene rings is 3. The molecule has 0 aliphatic rings. The van der Waals surface area contributed by atoms with E-state index in [1.807, 2.05) is 42.5 Å². The van der Waals surface area contributed by atoms with Gasteiger partial charge in [0, 0.05) is 20.9 Å². The summed E-state index contributed by atoms with van der Waals surface area (Å²) in [4.78, 5) is 9.04. The summed E-state index contributed by atoms with van der Waals surface area (Å²) in [5.41, 5.74) is 4.13. The zero-order valence-corrected chi connectivity index (χ0v) is 20.3. The Morgan fingerprint density at radius 3 is 2.62 bits per heavy atom. The minimum atomic E-state index is -0.0737. The average Bonchev–Trinajstić information content (AvgIpc) is 3.14. The number of nitrogens with zero attached hydrogens (tertiary/aromatic N) is 2. The van der Waals surface area contributed by atoms with Gasteiger partial charge in [-0.05, 0) is 103 Å². The van der Waals surface area contributed by atoms with E-state index >= 15 is 0 Å². The monoisotopic (exact) mass is 626 g/mol. The number of oxazole rings is 1. The van der Waals surface area contributed by atoms with Crippen molar-refractivity contribution in [3.63, 3.8) is 0 Å². The zero-order chi connectivity index (χ0) is 20.7. The van der Waals surface area contributed by atoms with E-state index in [-0.39, 0.29) is 16.0 Å². The molecule has 146 valence electrons. The summed E-state index contributed by atoms with van der Waals surface area (Å²) >= 11 is 8.77. The molecular formula is C21H13Br2IN2O3. The number of aromatic hydroxyl groups is 2. The number of rotatable bonds is 3. The molecule has 0 fully saturated rings. The van der Waals surface area contributed by atoms with Crippen LogP contribution in [0.4, 0.5) is 5.69 Å². The number of fused-ring (bicyclic) bond motifs is 1. The summed E-state index contributed by atoms with van der Waals surface area (Å²) < 4.78 is 7.68. The van der Waals surface area contributed by atoms with E-state index in [2.05, 4.69) is 64.4 Å². The first-order valence-corrected chi connectivity index (χ1v) is 11.1. The molecule has 1 heterocycles. The molecule has 0 aliphatic heterocycles. The molecule has 29 heavy (non-hydrogen) atoms. The second-order valence-corrected chi connectivity index (χ2v) is 9.14. The molecule has 0 amide bonds. The predicted molar refractivity (Wildman–Crippen MR) is 129 cm³/mol. The molecule has 0 saturated heterocycles. The van der Waals surface area contributed by atoms with Gasteiger partial charge in [-0.1, -0.05) is 6.07 Å². The zero-order valence-electron chi connectivity index (χ0n) is 14.9. The van der Waals surface area contributed by atoms with Crippen molar-refractivity contribution in [3.05, 3.63) is 66.1 Å². The minimum absolute atomic E-state index is 0.0516. The van der Waals surface area contributed by atoms with Crippen molar-refractivity contribution in [2.75, 3.05) is 0 Å². The highest BCUT2D eigenvalue weighted by molar-refractivity contribution is 14.1. The van der Waals surface area contributed by atoms with E-state index < -0.39 is 0 Å². The van der Waals surface area contributed by atoms with Crippen LogP contribution in [0.15, 0.2) is 60.8 Å². The fourth-order valence-electron chi connectivity index (χ4n) is 2.84. The van der Waals surface area contributed by atoms with Crippen molar-refractivity contribution in [3.8, 4) is 23.0 Å². The molecule has 0 unspecified atom stereocenters. The Hall–Kier alpha value is -1.91. The maximum absolute atomic E-state index is 10.3. The smallest absolute Gasteiger partial charge is 0.227 e. The Labute approximate surface area is 196 Å². The van der Waals surface area contributed by atoms with Crippen LogP contribution < -0.4 is 0 Å². The van der Waals surface area contributed by atoms with Gasteiger partial charge in [0.2, 0.25) is 5.89 Å². The fraction of sp³-hybridized carbons (Fsp3) is 0.0476. The lowest BCUT2D eigenvalue weighted by atomic mass is 10.1. The molecule has 2 N–H and O–H groups in total. The fourth-order valence-corrected chi connectivity index (χ4v) is 4.47. The van der Waals surface area contributed by atoms with Crippen LogP contribution in [0, 0.1) is 10.5 Å². The van der Waals surface area contributed by atoms with Crippen molar-refractivity contribution in [1.82, 2.24) is 4.98 Å². The highest BCUT2D eigenvalue weighted by atomic mass is 127. The van der Waals surface area contributed by atoms with E-state index in [0.717, 1.165) is 9.13 Å². The highest BCUT2D eigenvalue weighted by Crippen LogP contribution is 2.43. The molecule has 0 atom stereocenters. The lowest BCUT2D eigenvalue weighted by Crippen LogP contribution is -1.92. The highest BCUT2D eigenvalue weighted by Gasteiger charge is 2.17. The van der Waals surface area contributed by atoms with Crippen molar-refractivity contribution in [1.29, 1.82) is 0 Å². The van der Waals surface area contributed by atoms with E-state index in [1.54, 1.807) is 13.1 Å². The lowest BCUT2D eigenvalue weighted by molar-refractivity contribution is 0.441. The first kappa shape index (κ1) is 20.4. The molecule has 5 nitrogen and oxygen atoms in total. The average molecular weight is 628 g/mol. The van der Waals surface area contributed by atoms with Crippen molar-refractivity contribution < 1.29 is 14.6 Å². The van der Waals surface area contributed by atoms with Gasteiger partial charge in [-0.15, -0.1) is 0 Å². The van der Waals surface area contributed by atoms with Crippen LogP contribution in [0.25, 0.3) is 22.6 Å². The summed E-state index contributed by atoms with van der Waals surface area (Å²) in [5, 5.41) is 20.3. The number of phenolic OH excluding ortho intramolecular Hbond substituents is 2. The summed E-state index contributed by atoms with van der Waals surface area (Å²) in [6.07, 6.45) is 1.56. The predicted octanol–water partition coefficient (Wildman–Crippen LogP) is 7.09. The summed E-state index contributed by atoms with van der Waals surface area (Å²) in [6.45, 7) is 1.78. The second kappa shape index (κ2) is 8.08. The van der Waals surface area contributed by atoms with Crippen LogP contribution in [0.2, 0.25) is 0 Å². The topological polar surface area (TPSA) is 78.9 Å². The number of aliphatic imine (C=N–C) groups is 1. The van der Waals surface area contributed by atoms with Gasteiger partial charge in [0.15, 0.2) is 5.58 Å². The maximum atomic E-state index is 10.3. The first-order valence-electron chi connectivity index (χ1n) is 8.45. The number of phenols is 2. The molecule has 4 rings (SSSR count). The second-order valence-electron chi connectivity index (χ2n) is 6.30. The quantitative estimate of drug-likeness (QED) is 0.188. The van der Waals surface area contributed by atoms with Crippen LogP contribution in [-0.4, -0.2) is 21.4 Å². The van der Waals surface area contributed by atoms with E-state index in [9.17, 15) is 10.2 Å². The summed E-state index contributed by atoms with van der Waals surface area (Å²) in [7, 11) is 0. The normalized spacial score (nSPS) is 11.6. The van der Waals surface area contributed by atoms with Gasteiger partial charge in [-0.3, -0.25) is 4.99 Å². The maximum Gasteiger partial charge on any atom is 0.227 e. The Morgan fingerprint density at radius 2 is 1.86 bits per heavy atom. The van der Waals surface area contributed by atoms with Gasteiger partial charge in [0.1, 0.15) is 21.5 Å². The number of hydrogen-bond donors (Lipinski definition) is 2. The third kappa shape index (κ3) is 3.93. The molecule has 0 radical (unpaired) electrons. The lowest BCUT2D eigenvalue weighted by Gasteiger charge is -2.10. The summed E-state index contributed by atoms with van der Waals surface area (Å²) in [6, 6.07) is 13.4. The number of hydrogen-bond acceptors (Lipinski definition) is 5. The van der Waals surface area contributed by atoms with Gasteiger partial charge in [0.05, 0.1) is 10.2 Å². The van der Waals surface area contributed by atoms with Crippen LogP contribution in [0.5, 0.6) is 11.5 Å². The third-order valence-corrected chi connectivity index (χ3v) is 6.79. The molecule has 0 bridgehead atoms. The molecule has 0 saturated carbocycles. The van der Waals surface area contributed by atoms with Gasteiger partial charge in [0.25, 0.3) is 0 Å². The van der Waals surface area contributed by atoms with Crippen LogP contribution >= 0.6 is 54.5 Å². The first-order chi connectivity index (χ1) is 13.8. The molecule has 3 aromatic carbocycles. The van der Waals surface area contributed by atoms with Gasteiger partial charge in [-0.2, -0.15) is 0 Å². The SMILES string of the molecule is Cc1c(Br)c(O)c(Br)c(O)c1C=Nc1ccc2oc(-c3cccc(I)c3)nc2c1. The Balaban J connectivity index is 1.71. The van der Waals surface area contributed by atoms with Gasteiger partial charge in [-0.25, -0.2) is 4.98 Å². The van der Waals surface area contributed by atoms with E-state index in [0.29, 0.717) is 38.3 Å². The largest absolute Gasteiger partial charge is 0.506 e. The van der Waals surface area contributed by atoms with Crippen LogP contribution in [0.1, 0.15) is 11.1 Å². The Bertz CT molecular complexity index is 1260. The van der Waals surface area contributed by atoms with Gasteiger partial charge >= 0.3 is 0 Å². The van der Waals surface area contributed by atoms with Crippen molar-refractivity contribution in [2.24, 2.45) is 4.99 Å². The van der Waals surface area contributed by atoms with E-state index in [4.69, 9.17) is 4.42 Å². The molecule has 0 aliphatic carbocycles. The molecule has 0 spiro atoms. The van der Waals surface area contributed by atoms with Crippen molar-refractivity contribution >= 4 is 77.5 Å². The van der Waals surface area contributed by atoms with E-state index in [1.165, 1.54) is 0 Å². The Morgan fingerprint density at radius 1 is 1.07 bits per heavy atom. The molecular weight excluding hydrogens is 615 g/mol. The van der Waals surface area contributed by atoms with Crippen molar-refractivity contribution in [2.45, 2.75) is 6.92 Å². The number of aromatic nitrogens is 1. The number of halogens is 3. The molecule has 1 aromatic heterocycles. The minimum Gasteiger partial charge on any atom is -0.506 e. The van der Waals surface area contributed by atoms with Gasteiger partial charge < -0.3 is 14.6 Å². The van der Waals surface area contributed by atoms with Crippen LogP contribution in [-0.2, 0) is 0 Å². The summed E-state index contributed by atoms with van der Waals surface area (Å²) in [5.74, 6) is 0.430. The Kier molecular flexibility index (Phi) is 5.67.